The molecule has 1 aromatic heterocycles. The first kappa shape index (κ1) is 21.6. The van der Waals surface area contributed by atoms with Crippen molar-refractivity contribution in [1.82, 2.24) is 10.3 Å². The average Bonchev–Trinajstić information content (AvgIpc) is 3.14. The van der Waals surface area contributed by atoms with Crippen LogP contribution >= 0.6 is 0 Å². The zero-order valence-electron chi connectivity index (χ0n) is 18.1. The van der Waals surface area contributed by atoms with E-state index in [4.69, 9.17) is 10.5 Å². The molecule has 1 saturated heterocycles. The van der Waals surface area contributed by atoms with Crippen LogP contribution in [0, 0.1) is 12.8 Å². The molecule has 0 spiro atoms. The summed E-state index contributed by atoms with van der Waals surface area (Å²) in [7, 11) is 1.55. The maximum atomic E-state index is 13.1. The summed E-state index contributed by atoms with van der Waals surface area (Å²) in [6.45, 7) is 2.18. The standard InChI is InChI=1S/C23H26N4O5/c1-12-6-7-19(32-2)18(8-12)27-11-13(9-20(27)28)22(30)25-16-4-3-5-17-14(16)10-15(21(24)29)23(31)26-17/h6-8,10,13,16H,3-5,9,11H2,1-2H3,(H2,24,29)(H,25,30)(H,26,31)/t13-,16-/m1/s1. The van der Waals surface area contributed by atoms with E-state index in [1.54, 1.807) is 18.1 Å². The average molecular weight is 438 g/mol. The normalized spacial score (nSPS) is 20.1. The molecule has 32 heavy (non-hydrogen) atoms. The molecular formula is C23H26N4O5. The fourth-order valence-corrected chi connectivity index (χ4v) is 4.49. The lowest BCUT2D eigenvalue weighted by atomic mass is 9.89. The highest BCUT2D eigenvalue weighted by molar-refractivity contribution is 6.01. The Balaban J connectivity index is 1.53. The molecule has 168 valence electrons. The van der Waals surface area contributed by atoms with Gasteiger partial charge < -0.3 is 25.7 Å². The third-order valence-electron chi connectivity index (χ3n) is 6.16. The monoisotopic (exact) mass is 438 g/mol. The number of anilines is 1. The molecule has 0 saturated carbocycles. The predicted molar refractivity (Wildman–Crippen MR) is 118 cm³/mol. The van der Waals surface area contributed by atoms with Gasteiger partial charge in [-0.2, -0.15) is 0 Å². The lowest BCUT2D eigenvalue weighted by Crippen LogP contribution is -2.38. The Morgan fingerprint density at radius 1 is 1.25 bits per heavy atom. The molecule has 9 nitrogen and oxygen atoms in total. The van der Waals surface area contributed by atoms with Crippen molar-refractivity contribution in [2.45, 2.75) is 38.6 Å². The summed E-state index contributed by atoms with van der Waals surface area (Å²) < 4.78 is 5.40. The quantitative estimate of drug-likeness (QED) is 0.647. The molecular weight excluding hydrogens is 412 g/mol. The van der Waals surface area contributed by atoms with Gasteiger partial charge in [0.05, 0.1) is 24.8 Å². The van der Waals surface area contributed by atoms with E-state index in [-0.39, 0.29) is 36.4 Å². The molecule has 1 aliphatic carbocycles. The van der Waals surface area contributed by atoms with E-state index >= 15 is 0 Å². The van der Waals surface area contributed by atoms with E-state index in [1.807, 2.05) is 19.1 Å². The number of primary amides is 1. The van der Waals surface area contributed by atoms with Crippen molar-refractivity contribution in [3.8, 4) is 5.75 Å². The van der Waals surface area contributed by atoms with Crippen LogP contribution < -0.4 is 26.2 Å². The van der Waals surface area contributed by atoms with Crippen molar-refractivity contribution in [3.05, 3.63) is 57.0 Å². The van der Waals surface area contributed by atoms with Crippen LogP contribution in [0.2, 0.25) is 0 Å². The predicted octanol–water partition coefficient (Wildman–Crippen LogP) is 1.34. The Kier molecular flexibility index (Phi) is 5.73. The Hall–Kier alpha value is -3.62. The molecule has 1 aromatic carbocycles. The molecule has 9 heteroatoms. The molecule has 0 radical (unpaired) electrons. The number of methoxy groups -OCH3 is 1. The van der Waals surface area contributed by atoms with Gasteiger partial charge in [0, 0.05) is 18.7 Å². The molecule has 4 N–H and O–H groups in total. The van der Waals surface area contributed by atoms with Gasteiger partial charge in [0.15, 0.2) is 0 Å². The van der Waals surface area contributed by atoms with Crippen LogP contribution in [0.25, 0.3) is 0 Å². The smallest absolute Gasteiger partial charge is 0.261 e. The zero-order valence-corrected chi connectivity index (χ0v) is 18.1. The number of carbonyl (C=O) groups is 3. The topological polar surface area (TPSA) is 135 Å². The first-order chi connectivity index (χ1) is 15.3. The number of benzene rings is 1. The van der Waals surface area contributed by atoms with E-state index in [0.29, 0.717) is 35.5 Å². The molecule has 2 atom stereocenters. The third-order valence-corrected chi connectivity index (χ3v) is 6.16. The molecule has 2 aliphatic rings. The minimum Gasteiger partial charge on any atom is -0.495 e. The molecule has 3 amide bonds. The third kappa shape index (κ3) is 3.98. The highest BCUT2D eigenvalue weighted by atomic mass is 16.5. The van der Waals surface area contributed by atoms with Gasteiger partial charge in [-0.25, -0.2) is 0 Å². The van der Waals surface area contributed by atoms with Gasteiger partial charge in [-0.15, -0.1) is 0 Å². The van der Waals surface area contributed by atoms with Gasteiger partial charge in [-0.1, -0.05) is 6.07 Å². The Morgan fingerprint density at radius 3 is 2.75 bits per heavy atom. The Labute approximate surface area is 184 Å². The van der Waals surface area contributed by atoms with Crippen LogP contribution in [0.15, 0.2) is 29.1 Å². The lowest BCUT2D eigenvalue weighted by molar-refractivity contribution is -0.127. The lowest BCUT2D eigenvalue weighted by Gasteiger charge is -2.27. The summed E-state index contributed by atoms with van der Waals surface area (Å²) in [6, 6.07) is 6.69. The molecule has 2 aromatic rings. The van der Waals surface area contributed by atoms with Crippen LogP contribution in [0.5, 0.6) is 5.75 Å². The number of pyridine rings is 1. The molecule has 1 aliphatic heterocycles. The number of ether oxygens (including phenoxy) is 1. The van der Waals surface area contributed by atoms with Crippen LogP contribution in [-0.4, -0.2) is 36.4 Å². The number of aromatic amines is 1. The molecule has 0 bridgehead atoms. The van der Waals surface area contributed by atoms with Crippen molar-refractivity contribution in [3.63, 3.8) is 0 Å². The van der Waals surface area contributed by atoms with E-state index in [2.05, 4.69) is 10.3 Å². The maximum absolute atomic E-state index is 13.1. The second-order valence-corrected chi connectivity index (χ2v) is 8.34. The van der Waals surface area contributed by atoms with E-state index in [9.17, 15) is 19.2 Å². The van der Waals surface area contributed by atoms with Crippen molar-refractivity contribution >= 4 is 23.4 Å². The number of nitrogens with two attached hydrogens (primary N) is 1. The first-order valence-corrected chi connectivity index (χ1v) is 10.6. The fourth-order valence-electron chi connectivity index (χ4n) is 4.49. The van der Waals surface area contributed by atoms with Crippen LogP contribution in [0.4, 0.5) is 5.69 Å². The van der Waals surface area contributed by atoms with E-state index < -0.39 is 17.4 Å². The van der Waals surface area contributed by atoms with E-state index in [0.717, 1.165) is 12.0 Å². The molecule has 2 heterocycles. The number of nitrogens with zero attached hydrogens (tertiary/aromatic N) is 1. The number of hydrogen-bond acceptors (Lipinski definition) is 5. The van der Waals surface area contributed by atoms with Gasteiger partial charge in [0.25, 0.3) is 11.5 Å². The SMILES string of the molecule is COc1ccc(C)cc1N1C[C@H](C(=O)N[C@@H]2CCCc3[nH]c(=O)c(C(N)=O)cc32)CC1=O. The second kappa shape index (κ2) is 8.49. The number of fused-ring (bicyclic) bond motifs is 1. The summed E-state index contributed by atoms with van der Waals surface area (Å²) in [4.78, 5) is 53.7. The van der Waals surface area contributed by atoms with Crippen molar-refractivity contribution in [1.29, 1.82) is 0 Å². The number of carbonyl (C=O) groups excluding carboxylic acids is 3. The number of aromatic nitrogens is 1. The van der Waals surface area contributed by atoms with Gasteiger partial charge in [0.1, 0.15) is 11.3 Å². The number of aryl methyl sites for hydroxylation is 2. The van der Waals surface area contributed by atoms with Gasteiger partial charge >= 0.3 is 0 Å². The Bertz CT molecular complexity index is 1160. The summed E-state index contributed by atoms with van der Waals surface area (Å²) in [5, 5.41) is 3.01. The number of H-pyrrole nitrogens is 1. The van der Waals surface area contributed by atoms with Crippen molar-refractivity contribution < 1.29 is 19.1 Å². The summed E-state index contributed by atoms with van der Waals surface area (Å²) in [5.74, 6) is -1.13. The van der Waals surface area contributed by atoms with Gasteiger partial charge in [-0.3, -0.25) is 19.2 Å². The maximum Gasteiger partial charge on any atom is 0.261 e. The Morgan fingerprint density at radius 2 is 2.03 bits per heavy atom. The van der Waals surface area contributed by atoms with Crippen molar-refractivity contribution in [2.24, 2.45) is 11.7 Å². The van der Waals surface area contributed by atoms with Gasteiger partial charge in [0.2, 0.25) is 11.8 Å². The molecule has 4 rings (SSSR count). The second-order valence-electron chi connectivity index (χ2n) is 8.34. The summed E-state index contributed by atoms with van der Waals surface area (Å²) in [5.41, 5.74) is 7.70. The van der Waals surface area contributed by atoms with Crippen LogP contribution in [0.3, 0.4) is 0 Å². The number of nitrogens with one attached hydrogen (secondary N) is 2. The number of hydrogen-bond donors (Lipinski definition) is 3. The van der Waals surface area contributed by atoms with E-state index in [1.165, 1.54) is 6.07 Å². The minimum absolute atomic E-state index is 0.0979. The largest absolute Gasteiger partial charge is 0.495 e. The van der Waals surface area contributed by atoms with Crippen LogP contribution in [0.1, 0.15) is 52.5 Å². The van der Waals surface area contributed by atoms with Crippen molar-refractivity contribution in [2.75, 3.05) is 18.6 Å². The summed E-state index contributed by atoms with van der Waals surface area (Å²) in [6.07, 6.45) is 2.19. The van der Waals surface area contributed by atoms with Gasteiger partial charge in [-0.05, 0) is 55.5 Å². The number of amides is 3. The summed E-state index contributed by atoms with van der Waals surface area (Å²) >= 11 is 0. The highest BCUT2D eigenvalue weighted by Gasteiger charge is 2.37. The molecule has 0 unspecified atom stereocenters. The first-order valence-electron chi connectivity index (χ1n) is 10.6. The zero-order chi connectivity index (χ0) is 23.0. The fraction of sp³-hybridized carbons (Fsp3) is 0.391. The minimum atomic E-state index is -0.811. The number of rotatable bonds is 5. The molecule has 1 fully saturated rings. The van der Waals surface area contributed by atoms with Crippen LogP contribution in [-0.2, 0) is 16.0 Å². The highest BCUT2D eigenvalue weighted by Crippen LogP contribution is 2.35.